The molecule has 0 unspecified atom stereocenters. The maximum absolute atomic E-state index is 5.62. The Bertz CT molecular complexity index is 401. The summed E-state index contributed by atoms with van der Waals surface area (Å²) in [5.74, 6) is 1.37. The van der Waals surface area contributed by atoms with Crippen LogP contribution in [0.25, 0.3) is 0 Å². The molecule has 6 heteroatoms. The van der Waals surface area contributed by atoms with Crippen LogP contribution in [-0.4, -0.2) is 40.8 Å². The zero-order chi connectivity index (χ0) is 14.8. The summed E-state index contributed by atoms with van der Waals surface area (Å²) in [5, 5.41) is 3.29. The van der Waals surface area contributed by atoms with Gasteiger partial charge in [0.2, 0.25) is 0 Å². The van der Waals surface area contributed by atoms with E-state index < -0.39 is 0 Å². The molecule has 0 saturated heterocycles. The van der Waals surface area contributed by atoms with Crippen LogP contribution in [0.5, 0.6) is 11.5 Å². The molecule has 1 N–H and O–H groups in total. The van der Waals surface area contributed by atoms with Crippen LogP contribution in [0, 0.1) is 0 Å². The molecule has 0 aliphatic carbocycles. The Morgan fingerprint density at radius 3 is 2.60 bits per heavy atom. The summed E-state index contributed by atoms with van der Waals surface area (Å²) in [4.78, 5) is 0. The molecule has 0 aliphatic rings. The molecular formula is C14H22BrNO4. The maximum Gasteiger partial charge on any atom is 0.188 e. The van der Waals surface area contributed by atoms with Crippen molar-refractivity contribution in [1.29, 1.82) is 0 Å². The Hall–Kier alpha value is -0.820. The van der Waals surface area contributed by atoms with Crippen molar-refractivity contribution >= 4 is 15.9 Å². The van der Waals surface area contributed by atoms with E-state index in [0.29, 0.717) is 24.7 Å². The minimum Gasteiger partial charge on any atom is -0.490 e. The highest BCUT2D eigenvalue weighted by molar-refractivity contribution is 9.10. The standard InChI is InChI=1S/C14H22BrNO4/c1-4-19-13-8-11(9-16-5-6-17-2)7-12(15)14(13)20-10-18-3/h7-8,16H,4-6,9-10H2,1-3H3. The van der Waals surface area contributed by atoms with E-state index in [1.54, 1.807) is 14.2 Å². The van der Waals surface area contributed by atoms with E-state index in [9.17, 15) is 0 Å². The Labute approximate surface area is 128 Å². The average Bonchev–Trinajstić information content (AvgIpc) is 2.43. The lowest BCUT2D eigenvalue weighted by Gasteiger charge is -2.15. The predicted molar refractivity (Wildman–Crippen MR) is 81.4 cm³/mol. The quantitative estimate of drug-likeness (QED) is 0.520. The number of nitrogens with one attached hydrogen (secondary N) is 1. The SMILES string of the molecule is CCOc1cc(CNCCOC)cc(Br)c1OCOC. The van der Waals surface area contributed by atoms with Crippen LogP contribution in [0.3, 0.4) is 0 Å². The third kappa shape index (κ3) is 5.66. The van der Waals surface area contributed by atoms with E-state index >= 15 is 0 Å². The van der Waals surface area contributed by atoms with Crippen molar-refractivity contribution in [2.45, 2.75) is 13.5 Å². The van der Waals surface area contributed by atoms with Gasteiger partial charge in [-0.3, -0.25) is 0 Å². The summed E-state index contributed by atoms with van der Waals surface area (Å²) in [6.07, 6.45) is 0. The highest BCUT2D eigenvalue weighted by Crippen LogP contribution is 2.36. The van der Waals surface area contributed by atoms with Crippen molar-refractivity contribution in [3.63, 3.8) is 0 Å². The van der Waals surface area contributed by atoms with Gasteiger partial charge in [0.25, 0.3) is 0 Å². The Balaban J connectivity index is 2.77. The Morgan fingerprint density at radius 1 is 1.15 bits per heavy atom. The Kier molecular flexibility index (Phi) is 8.60. The molecule has 0 atom stereocenters. The van der Waals surface area contributed by atoms with Gasteiger partial charge in [0, 0.05) is 27.3 Å². The molecule has 0 bridgehead atoms. The lowest BCUT2D eigenvalue weighted by Crippen LogP contribution is -2.18. The fourth-order valence-electron chi connectivity index (χ4n) is 1.65. The molecule has 1 aromatic rings. The summed E-state index contributed by atoms with van der Waals surface area (Å²) in [5.41, 5.74) is 1.11. The summed E-state index contributed by atoms with van der Waals surface area (Å²) < 4.78 is 21.9. The fraction of sp³-hybridized carbons (Fsp3) is 0.571. The topological polar surface area (TPSA) is 49.0 Å². The van der Waals surface area contributed by atoms with E-state index in [1.807, 2.05) is 19.1 Å². The molecular weight excluding hydrogens is 326 g/mol. The summed E-state index contributed by atoms with van der Waals surface area (Å²) in [6, 6.07) is 3.98. The van der Waals surface area contributed by atoms with E-state index in [4.69, 9.17) is 18.9 Å². The van der Waals surface area contributed by atoms with Crippen molar-refractivity contribution in [1.82, 2.24) is 5.32 Å². The van der Waals surface area contributed by atoms with Gasteiger partial charge in [-0.05, 0) is 40.5 Å². The highest BCUT2D eigenvalue weighted by Gasteiger charge is 2.12. The predicted octanol–water partition coefficient (Wildman–Crippen LogP) is 2.57. The largest absolute Gasteiger partial charge is 0.490 e. The van der Waals surface area contributed by atoms with Crippen LogP contribution in [0.15, 0.2) is 16.6 Å². The van der Waals surface area contributed by atoms with Gasteiger partial charge in [-0.2, -0.15) is 0 Å². The normalized spacial score (nSPS) is 10.6. The minimum atomic E-state index is 0.185. The number of rotatable bonds is 10. The van der Waals surface area contributed by atoms with Crippen molar-refractivity contribution in [3.8, 4) is 11.5 Å². The third-order valence-electron chi connectivity index (χ3n) is 2.50. The van der Waals surface area contributed by atoms with Gasteiger partial charge < -0.3 is 24.3 Å². The van der Waals surface area contributed by atoms with Gasteiger partial charge in [0.1, 0.15) is 0 Å². The zero-order valence-corrected chi connectivity index (χ0v) is 13.8. The van der Waals surface area contributed by atoms with E-state index in [1.165, 1.54) is 0 Å². The third-order valence-corrected chi connectivity index (χ3v) is 3.09. The summed E-state index contributed by atoms with van der Waals surface area (Å²) in [7, 11) is 3.27. The van der Waals surface area contributed by atoms with Gasteiger partial charge >= 0.3 is 0 Å². The first-order chi connectivity index (χ1) is 9.72. The average molecular weight is 348 g/mol. The minimum absolute atomic E-state index is 0.185. The highest BCUT2D eigenvalue weighted by atomic mass is 79.9. The maximum atomic E-state index is 5.62. The van der Waals surface area contributed by atoms with Crippen molar-refractivity contribution < 1.29 is 18.9 Å². The number of hydrogen-bond donors (Lipinski definition) is 1. The van der Waals surface area contributed by atoms with Crippen LogP contribution >= 0.6 is 15.9 Å². The second-order valence-corrected chi connectivity index (χ2v) is 4.91. The molecule has 0 spiro atoms. The molecule has 0 fully saturated rings. The number of benzene rings is 1. The first-order valence-corrected chi connectivity index (χ1v) is 7.28. The fourth-order valence-corrected chi connectivity index (χ4v) is 2.26. The van der Waals surface area contributed by atoms with Gasteiger partial charge in [-0.1, -0.05) is 0 Å². The van der Waals surface area contributed by atoms with Gasteiger partial charge in [-0.15, -0.1) is 0 Å². The van der Waals surface area contributed by atoms with Crippen LogP contribution in [0.1, 0.15) is 12.5 Å². The van der Waals surface area contributed by atoms with Crippen molar-refractivity contribution in [2.24, 2.45) is 0 Å². The van der Waals surface area contributed by atoms with Gasteiger partial charge in [-0.25, -0.2) is 0 Å². The first-order valence-electron chi connectivity index (χ1n) is 6.49. The van der Waals surface area contributed by atoms with Gasteiger partial charge in [0.15, 0.2) is 18.3 Å². The number of methoxy groups -OCH3 is 2. The molecule has 1 aromatic carbocycles. The van der Waals surface area contributed by atoms with Crippen LogP contribution in [-0.2, 0) is 16.0 Å². The number of hydrogen-bond acceptors (Lipinski definition) is 5. The molecule has 20 heavy (non-hydrogen) atoms. The van der Waals surface area contributed by atoms with Crippen molar-refractivity contribution in [2.75, 3.05) is 40.8 Å². The van der Waals surface area contributed by atoms with Crippen LogP contribution < -0.4 is 14.8 Å². The lowest BCUT2D eigenvalue weighted by molar-refractivity contribution is 0.0481. The Morgan fingerprint density at radius 2 is 1.95 bits per heavy atom. The molecule has 114 valence electrons. The molecule has 0 heterocycles. The molecule has 0 aromatic heterocycles. The van der Waals surface area contributed by atoms with E-state index in [0.717, 1.165) is 23.1 Å². The summed E-state index contributed by atoms with van der Waals surface area (Å²) in [6.45, 7) is 4.94. The van der Waals surface area contributed by atoms with E-state index in [-0.39, 0.29) is 6.79 Å². The summed E-state index contributed by atoms with van der Waals surface area (Å²) >= 11 is 3.51. The van der Waals surface area contributed by atoms with Crippen molar-refractivity contribution in [3.05, 3.63) is 22.2 Å². The second-order valence-electron chi connectivity index (χ2n) is 4.06. The van der Waals surface area contributed by atoms with E-state index in [2.05, 4.69) is 21.2 Å². The molecule has 0 radical (unpaired) electrons. The molecule has 1 rings (SSSR count). The van der Waals surface area contributed by atoms with Crippen LogP contribution in [0.2, 0.25) is 0 Å². The van der Waals surface area contributed by atoms with Gasteiger partial charge in [0.05, 0.1) is 17.7 Å². The molecule has 0 saturated carbocycles. The molecule has 0 aliphatic heterocycles. The second kappa shape index (κ2) is 9.99. The lowest BCUT2D eigenvalue weighted by atomic mass is 10.2. The molecule has 5 nitrogen and oxygen atoms in total. The molecule has 0 amide bonds. The smallest absolute Gasteiger partial charge is 0.188 e. The number of halogens is 1. The zero-order valence-electron chi connectivity index (χ0n) is 12.2. The van der Waals surface area contributed by atoms with Crippen LogP contribution in [0.4, 0.5) is 0 Å². The number of ether oxygens (including phenoxy) is 4. The first kappa shape index (κ1) is 17.2. The monoisotopic (exact) mass is 347 g/mol.